The third kappa shape index (κ3) is 102. The van der Waals surface area contributed by atoms with Crippen LogP contribution in [0.2, 0.25) is 0 Å². The third-order valence-corrected chi connectivity index (χ3v) is 0. The van der Waals surface area contributed by atoms with Gasteiger partial charge in [0, 0.05) is 0 Å². The quantitative estimate of drug-likeness (QED) is 0.399. The maximum atomic E-state index is 7.12. The first kappa shape index (κ1) is 22.5. The summed E-state index contributed by atoms with van der Waals surface area (Å²) in [4.78, 5) is 0. The van der Waals surface area contributed by atoms with Crippen molar-refractivity contribution in [1.82, 2.24) is 0 Å². The summed E-state index contributed by atoms with van der Waals surface area (Å²) in [5.74, 6) is 0. The van der Waals surface area contributed by atoms with Crippen molar-refractivity contribution >= 4 is 70.8 Å². The van der Waals surface area contributed by atoms with Crippen LogP contribution in [-0.2, 0) is 0 Å². The van der Waals surface area contributed by atoms with Crippen molar-refractivity contribution in [2.75, 3.05) is 12.5 Å². The average molecular weight is 166 g/mol. The van der Waals surface area contributed by atoms with E-state index in [2.05, 4.69) is 0 Å². The van der Waals surface area contributed by atoms with E-state index in [4.69, 9.17) is 10.0 Å². The normalized spacial score (nSPS) is 4.00. The molecule has 8 heavy (non-hydrogen) atoms. The molecule has 0 aliphatic heterocycles. The average Bonchev–Trinajstić information content (AvgIpc) is 1.39. The molecule has 48 valence electrons. The predicted octanol–water partition coefficient (Wildman–Crippen LogP) is -2.26. The summed E-state index contributed by atoms with van der Waals surface area (Å²) in [7, 11) is -0.750. The van der Waals surface area contributed by atoms with Crippen molar-refractivity contribution in [1.29, 1.82) is 0 Å². The van der Waals surface area contributed by atoms with Crippen molar-refractivity contribution in [3.05, 3.63) is 0 Å². The summed E-state index contributed by atoms with van der Waals surface area (Å²) < 4.78 is 0. The summed E-state index contributed by atoms with van der Waals surface area (Å²) in [6.07, 6.45) is 4.08. The molecule has 0 aromatic rings. The Morgan fingerprint density at radius 2 is 1.25 bits per heavy atom. The number of thioether (sulfide) groups is 1. The molecule has 0 atom stereocenters. The van der Waals surface area contributed by atoms with Crippen LogP contribution in [0, 0.1) is 0 Å². The second-order valence-corrected chi connectivity index (χ2v) is 1.37. The molecule has 0 aliphatic rings. The zero-order chi connectivity index (χ0) is 5.41. The van der Waals surface area contributed by atoms with Gasteiger partial charge < -0.3 is 15.5 Å². The monoisotopic (exact) mass is 166 g/mol. The van der Waals surface area contributed by atoms with Gasteiger partial charge in [-0.2, -0.15) is 11.8 Å². The predicted molar refractivity (Wildman–Crippen MR) is 41.8 cm³/mol. The van der Waals surface area contributed by atoms with Gasteiger partial charge in [-0.1, -0.05) is 0 Å². The van der Waals surface area contributed by atoms with Gasteiger partial charge in [0.25, 0.3) is 0 Å². The van der Waals surface area contributed by atoms with Gasteiger partial charge in [-0.25, -0.2) is 0 Å². The molecule has 0 amide bonds. The van der Waals surface area contributed by atoms with Crippen molar-refractivity contribution in [2.45, 2.75) is 0 Å². The topological polar surface area (TPSA) is 72.0 Å². The van der Waals surface area contributed by atoms with E-state index < -0.39 is 7.69 Å². The third-order valence-electron chi connectivity index (χ3n) is 0. The van der Waals surface area contributed by atoms with Crippen LogP contribution in [-0.4, -0.2) is 87.1 Å². The molecule has 0 radical (unpaired) electrons. The summed E-state index contributed by atoms with van der Waals surface area (Å²) >= 11 is 1.75. The molecule has 0 aromatic carbocycles. The van der Waals surface area contributed by atoms with E-state index in [1.54, 1.807) is 11.8 Å². The van der Waals surface area contributed by atoms with Crippen LogP contribution in [0.15, 0.2) is 0 Å². The molecule has 4 N–H and O–H groups in total. The second-order valence-electron chi connectivity index (χ2n) is 0.550. The Labute approximate surface area is 97.3 Å². The first-order valence-electron chi connectivity index (χ1n) is 1.45. The Kier molecular flexibility index (Phi) is 102. The molecule has 0 bridgehead atoms. The van der Waals surface area contributed by atoms with E-state index in [1.807, 2.05) is 12.5 Å². The van der Waals surface area contributed by atoms with Gasteiger partial charge in [0.05, 0.1) is 0 Å². The molecule has 0 saturated carbocycles. The van der Waals surface area contributed by atoms with Crippen LogP contribution < -0.4 is 0 Å². The first-order valence-corrected chi connectivity index (χ1v) is 3.08. The fourth-order valence-electron chi connectivity index (χ4n) is 0. The molecule has 0 rings (SSSR count). The number of hydrogen-bond donors (Lipinski definition) is 2. The van der Waals surface area contributed by atoms with Gasteiger partial charge in [0.15, 0.2) is 0 Å². The molecule has 3 nitrogen and oxygen atoms in total. The van der Waals surface area contributed by atoms with Crippen LogP contribution in [0.25, 0.3) is 0 Å². The molecule has 0 fully saturated rings. The van der Waals surface area contributed by atoms with E-state index in [0.717, 1.165) is 0 Å². The first-order chi connectivity index (χ1) is 2.83. The summed E-state index contributed by atoms with van der Waals surface area (Å²) in [5, 5.41) is 14.2. The zero-order valence-electron chi connectivity index (χ0n) is 4.51. The minimum atomic E-state index is -0.750. The van der Waals surface area contributed by atoms with E-state index in [-0.39, 0.29) is 56.9 Å². The summed E-state index contributed by atoms with van der Waals surface area (Å²) in [5.41, 5.74) is 0. The Bertz CT molecular complexity index is 19.2. The Balaban J connectivity index is -0.0000000160. The van der Waals surface area contributed by atoms with E-state index in [9.17, 15) is 0 Å². The van der Waals surface area contributed by atoms with Crippen LogP contribution >= 0.6 is 11.8 Å². The number of rotatable bonds is 0. The Morgan fingerprint density at radius 1 is 1.25 bits per heavy atom. The molecule has 0 aliphatic carbocycles. The van der Waals surface area contributed by atoms with Crippen LogP contribution in [0.3, 0.4) is 0 Å². The maximum absolute atomic E-state index is 7.12. The number of hydrogen-bond acceptors (Lipinski definition) is 3. The Morgan fingerprint density at radius 3 is 1.25 bits per heavy atom. The molecular formula is C2H12BKO3S. The van der Waals surface area contributed by atoms with Gasteiger partial charge in [-0.15, -0.1) is 0 Å². The van der Waals surface area contributed by atoms with Crippen molar-refractivity contribution in [3.8, 4) is 0 Å². The molecule has 0 saturated heterocycles. The summed E-state index contributed by atoms with van der Waals surface area (Å²) in [6, 6.07) is 0. The van der Waals surface area contributed by atoms with Gasteiger partial charge >= 0.3 is 59.1 Å². The van der Waals surface area contributed by atoms with E-state index in [0.29, 0.717) is 0 Å². The molecule has 0 heterocycles. The standard InChI is InChI=1S/C2H6S.BH3O2.K.H2O.H/c1-3-2;2-1-3;;;/h1-2H3;1-3H;;1H2;. The van der Waals surface area contributed by atoms with Crippen molar-refractivity contribution in [2.24, 2.45) is 0 Å². The second kappa shape index (κ2) is 36.4. The molecule has 0 unspecified atom stereocenters. The molecule has 0 spiro atoms. The fraction of sp³-hybridized carbons (Fsp3) is 1.00. The fourth-order valence-corrected chi connectivity index (χ4v) is 0. The SMILES string of the molecule is CSC.O.OBO.[KH]. The van der Waals surface area contributed by atoms with E-state index >= 15 is 0 Å². The summed E-state index contributed by atoms with van der Waals surface area (Å²) in [6.45, 7) is 0. The minimum absolute atomic E-state index is 0. The van der Waals surface area contributed by atoms with Gasteiger partial charge in [0.2, 0.25) is 0 Å². The van der Waals surface area contributed by atoms with Gasteiger partial charge in [-0.05, 0) is 12.5 Å². The van der Waals surface area contributed by atoms with Gasteiger partial charge in [-0.3, -0.25) is 0 Å². The zero-order valence-corrected chi connectivity index (χ0v) is 5.33. The van der Waals surface area contributed by atoms with Crippen LogP contribution in [0.1, 0.15) is 0 Å². The molecular weight excluding hydrogens is 154 g/mol. The van der Waals surface area contributed by atoms with Crippen LogP contribution in [0.5, 0.6) is 0 Å². The Hall–Kier alpha value is 1.93. The van der Waals surface area contributed by atoms with Crippen molar-refractivity contribution < 1.29 is 15.5 Å². The van der Waals surface area contributed by atoms with Crippen LogP contribution in [0.4, 0.5) is 0 Å². The van der Waals surface area contributed by atoms with Crippen molar-refractivity contribution in [3.63, 3.8) is 0 Å². The van der Waals surface area contributed by atoms with Gasteiger partial charge in [0.1, 0.15) is 0 Å². The molecule has 6 heteroatoms. The molecule has 0 aromatic heterocycles. The van der Waals surface area contributed by atoms with E-state index in [1.165, 1.54) is 0 Å².